The molecule has 0 unspecified atom stereocenters. The van der Waals surface area contributed by atoms with Gasteiger partial charge in [-0.1, -0.05) is 43.1 Å². The summed E-state index contributed by atoms with van der Waals surface area (Å²) in [7, 11) is 0. The van der Waals surface area contributed by atoms with Crippen molar-refractivity contribution >= 4 is 23.2 Å². The smallest absolute Gasteiger partial charge is 0.122 e. The van der Waals surface area contributed by atoms with Crippen LogP contribution >= 0.6 is 23.2 Å². The van der Waals surface area contributed by atoms with Gasteiger partial charge >= 0.3 is 0 Å². The lowest BCUT2D eigenvalue weighted by molar-refractivity contribution is 0.533. The Morgan fingerprint density at radius 2 is 2.10 bits per heavy atom. The molecule has 0 aliphatic carbocycles. The second-order valence-electron chi connectivity index (χ2n) is 5.23. The first kappa shape index (κ1) is 15.4. The van der Waals surface area contributed by atoms with Gasteiger partial charge in [0.25, 0.3) is 0 Å². The van der Waals surface area contributed by atoms with E-state index in [2.05, 4.69) is 28.7 Å². The molecule has 0 bridgehead atoms. The fourth-order valence-electron chi connectivity index (χ4n) is 1.96. The highest BCUT2D eigenvalue weighted by atomic mass is 35.5. The number of benzene rings is 1. The van der Waals surface area contributed by atoms with Crippen LogP contribution in [0.3, 0.4) is 0 Å². The van der Waals surface area contributed by atoms with Crippen molar-refractivity contribution in [1.82, 2.24) is 14.9 Å². The number of nitrogens with zero attached hydrogens (tertiary/aromatic N) is 2. The maximum atomic E-state index is 6.21. The van der Waals surface area contributed by atoms with Gasteiger partial charge in [-0.3, -0.25) is 0 Å². The Balaban J connectivity index is 2.04. The largest absolute Gasteiger partial charge is 0.329 e. The maximum absolute atomic E-state index is 6.21. The molecule has 0 spiro atoms. The molecule has 0 atom stereocenters. The molecule has 1 aromatic heterocycles. The molecule has 0 radical (unpaired) electrons. The molecular weight excluding hydrogens is 293 g/mol. The van der Waals surface area contributed by atoms with Gasteiger partial charge in [0.2, 0.25) is 0 Å². The Morgan fingerprint density at radius 3 is 2.80 bits per heavy atom. The SMILES string of the molecule is CC(C)CNCc1nccn1Cc1ccc(Cl)cc1Cl. The number of nitrogens with one attached hydrogen (secondary N) is 1. The van der Waals surface area contributed by atoms with Crippen LogP contribution in [0.15, 0.2) is 30.6 Å². The molecule has 0 saturated carbocycles. The van der Waals surface area contributed by atoms with Gasteiger partial charge < -0.3 is 9.88 Å². The molecule has 0 saturated heterocycles. The highest BCUT2D eigenvalue weighted by Gasteiger charge is 2.07. The van der Waals surface area contributed by atoms with E-state index in [1.807, 2.05) is 24.5 Å². The Kier molecular flexibility index (Phi) is 5.46. The molecule has 108 valence electrons. The fourth-order valence-corrected chi connectivity index (χ4v) is 2.43. The van der Waals surface area contributed by atoms with Gasteiger partial charge in [-0.05, 0) is 30.2 Å². The Morgan fingerprint density at radius 1 is 1.30 bits per heavy atom. The second kappa shape index (κ2) is 7.11. The number of hydrogen-bond donors (Lipinski definition) is 1. The minimum absolute atomic E-state index is 0.629. The molecule has 3 nitrogen and oxygen atoms in total. The lowest BCUT2D eigenvalue weighted by Crippen LogP contribution is -2.21. The van der Waals surface area contributed by atoms with Gasteiger partial charge in [-0.15, -0.1) is 0 Å². The molecule has 0 aliphatic heterocycles. The van der Waals surface area contributed by atoms with Crippen molar-refractivity contribution in [3.63, 3.8) is 0 Å². The third kappa shape index (κ3) is 4.23. The zero-order chi connectivity index (χ0) is 14.5. The topological polar surface area (TPSA) is 29.9 Å². The van der Waals surface area contributed by atoms with E-state index in [0.29, 0.717) is 22.5 Å². The molecule has 1 heterocycles. The molecule has 0 amide bonds. The molecule has 0 fully saturated rings. The summed E-state index contributed by atoms with van der Waals surface area (Å²) in [6.07, 6.45) is 3.79. The first-order valence-corrected chi connectivity index (χ1v) is 7.46. The van der Waals surface area contributed by atoms with Crippen molar-refractivity contribution in [2.45, 2.75) is 26.9 Å². The molecule has 1 aromatic carbocycles. The highest BCUT2D eigenvalue weighted by Crippen LogP contribution is 2.22. The summed E-state index contributed by atoms with van der Waals surface area (Å²) in [5, 5.41) is 4.74. The minimum atomic E-state index is 0.629. The minimum Gasteiger partial charge on any atom is -0.329 e. The van der Waals surface area contributed by atoms with Gasteiger partial charge in [0.05, 0.1) is 13.1 Å². The number of imidazole rings is 1. The molecule has 5 heteroatoms. The normalized spacial score (nSPS) is 11.2. The van der Waals surface area contributed by atoms with E-state index < -0.39 is 0 Å². The monoisotopic (exact) mass is 311 g/mol. The van der Waals surface area contributed by atoms with Gasteiger partial charge in [0.1, 0.15) is 5.82 Å². The average Bonchev–Trinajstić information content (AvgIpc) is 2.80. The van der Waals surface area contributed by atoms with Crippen LogP contribution < -0.4 is 5.32 Å². The highest BCUT2D eigenvalue weighted by molar-refractivity contribution is 6.35. The summed E-state index contributed by atoms with van der Waals surface area (Å²) in [4.78, 5) is 4.39. The van der Waals surface area contributed by atoms with Crippen molar-refractivity contribution in [3.8, 4) is 0 Å². The molecule has 2 aromatic rings. The van der Waals surface area contributed by atoms with Crippen LogP contribution in [0.5, 0.6) is 0 Å². The van der Waals surface area contributed by atoms with Crippen molar-refractivity contribution in [2.75, 3.05) is 6.54 Å². The van der Waals surface area contributed by atoms with Crippen LogP contribution in [-0.4, -0.2) is 16.1 Å². The van der Waals surface area contributed by atoms with Crippen molar-refractivity contribution in [2.24, 2.45) is 5.92 Å². The van der Waals surface area contributed by atoms with E-state index in [1.165, 1.54) is 0 Å². The van der Waals surface area contributed by atoms with Crippen LogP contribution in [0.2, 0.25) is 10.0 Å². The molecular formula is C15H19Cl2N3. The first-order valence-electron chi connectivity index (χ1n) is 6.71. The third-order valence-electron chi connectivity index (χ3n) is 2.99. The van der Waals surface area contributed by atoms with Crippen LogP contribution in [0.4, 0.5) is 0 Å². The lowest BCUT2D eigenvalue weighted by atomic mass is 10.2. The zero-order valence-electron chi connectivity index (χ0n) is 11.7. The first-order chi connectivity index (χ1) is 9.56. The van der Waals surface area contributed by atoms with E-state index in [9.17, 15) is 0 Å². The van der Waals surface area contributed by atoms with E-state index in [1.54, 1.807) is 6.07 Å². The van der Waals surface area contributed by atoms with Crippen LogP contribution in [0, 0.1) is 5.92 Å². The standard InChI is InChI=1S/C15H19Cl2N3/c1-11(2)8-18-9-15-19-5-6-20(15)10-12-3-4-13(16)7-14(12)17/h3-7,11,18H,8-10H2,1-2H3. The summed E-state index contributed by atoms with van der Waals surface area (Å²) in [5.74, 6) is 1.64. The number of aromatic nitrogens is 2. The average molecular weight is 312 g/mol. The Bertz CT molecular complexity index is 564. The van der Waals surface area contributed by atoms with E-state index in [-0.39, 0.29) is 0 Å². The quantitative estimate of drug-likeness (QED) is 0.874. The fraction of sp³-hybridized carbons (Fsp3) is 0.400. The predicted molar refractivity (Wildman–Crippen MR) is 84.3 cm³/mol. The van der Waals surface area contributed by atoms with Gasteiger partial charge in [0.15, 0.2) is 0 Å². The van der Waals surface area contributed by atoms with Crippen molar-refractivity contribution in [1.29, 1.82) is 0 Å². The summed E-state index contributed by atoms with van der Waals surface area (Å²) in [5.41, 5.74) is 1.04. The molecule has 1 N–H and O–H groups in total. The zero-order valence-corrected chi connectivity index (χ0v) is 13.2. The van der Waals surface area contributed by atoms with E-state index >= 15 is 0 Å². The van der Waals surface area contributed by atoms with Crippen LogP contribution in [-0.2, 0) is 13.1 Å². The summed E-state index contributed by atoms with van der Waals surface area (Å²) in [6.45, 7) is 6.82. The Labute approximate surface area is 129 Å². The predicted octanol–water partition coefficient (Wildman–Crippen LogP) is 3.98. The molecule has 0 aliphatic rings. The third-order valence-corrected chi connectivity index (χ3v) is 3.58. The van der Waals surface area contributed by atoms with Gasteiger partial charge in [-0.25, -0.2) is 4.98 Å². The van der Waals surface area contributed by atoms with E-state index in [0.717, 1.165) is 24.5 Å². The number of rotatable bonds is 6. The van der Waals surface area contributed by atoms with Gasteiger partial charge in [-0.2, -0.15) is 0 Å². The van der Waals surface area contributed by atoms with E-state index in [4.69, 9.17) is 23.2 Å². The summed E-state index contributed by atoms with van der Waals surface area (Å²) < 4.78 is 2.10. The van der Waals surface area contributed by atoms with Crippen molar-refractivity contribution < 1.29 is 0 Å². The number of hydrogen-bond acceptors (Lipinski definition) is 2. The Hall–Kier alpha value is -1.03. The maximum Gasteiger partial charge on any atom is 0.122 e. The number of halogens is 2. The molecule has 2 rings (SSSR count). The van der Waals surface area contributed by atoms with Crippen molar-refractivity contribution in [3.05, 3.63) is 52.0 Å². The van der Waals surface area contributed by atoms with Crippen LogP contribution in [0.25, 0.3) is 0 Å². The molecule has 20 heavy (non-hydrogen) atoms. The lowest BCUT2D eigenvalue weighted by Gasteiger charge is -2.11. The van der Waals surface area contributed by atoms with Crippen LogP contribution in [0.1, 0.15) is 25.2 Å². The summed E-state index contributed by atoms with van der Waals surface area (Å²) >= 11 is 12.1. The van der Waals surface area contributed by atoms with Gasteiger partial charge in [0, 0.05) is 22.4 Å². The second-order valence-corrected chi connectivity index (χ2v) is 6.08. The summed E-state index contributed by atoms with van der Waals surface area (Å²) in [6, 6.07) is 5.58.